The van der Waals surface area contributed by atoms with Crippen molar-refractivity contribution < 1.29 is 48.0 Å². The summed E-state index contributed by atoms with van der Waals surface area (Å²) in [5, 5.41) is 12.4. The predicted molar refractivity (Wildman–Crippen MR) is 122 cm³/mol. The van der Waals surface area contributed by atoms with Crippen LogP contribution in [0.4, 0.5) is 0 Å². The Morgan fingerprint density at radius 1 is 1.05 bits per heavy atom. The summed E-state index contributed by atoms with van der Waals surface area (Å²) in [4.78, 5) is 55.6. The summed E-state index contributed by atoms with van der Waals surface area (Å²) in [5.74, 6) is -6.56. The van der Waals surface area contributed by atoms with Crippen LogP contribution in [0.5, 0.6) is 0 Å². The molecule has 10 heteroatoms. The van der Waals surface area contributed by atoms with Crippen molar-refractivity contribution in [3.8, 4) is 0 Å². The number of esters is 2. The second-order valence-corrected chi connectivity index (χ2v) is 13.8. The van der Waals surface area contributed by atoms with Crippen molar-refractivity contribution in [1.82, 2.24) is 0 Å². The lowest BCUT2D eigenvalue weighted by Crippen LogP contribution is -2.79. The van der Waals surface area contributed by atoms with Gasteiger partial charge in [-0.2, -0.15) is 0 Å². The molecule has 5 bridgehead atoms. The molecule has 9 rings (SSSR count). The number of allylic oxidation sites excluding steroid dienone is 1. The molecule has 13 atom stereocenters. The Labute approximate surface area is 218 Å². The summed E-state index contributed by atoms with van der Waals surface area (Å²) in [5.41, 5.74) is -8.23. The fourth-order valence-corrected chi connectivity index (χ4v) is 10.9. The van der Waals surface area contributed by atoms with Crippen molar-refractivity contribution in [2.24, 2.45) is 34.5 Å². The van der Waals surface area contributed by atoms with E-state index in [0.29, 0.717) is 12.8 Å². The van der Waals surface area contributed by atoms with Crippen molar-refractivity contribution in [2.75, 3.05) is 6.61 Å². The van der Waals surface area contributed by atoms with E-state index in [4.69, 9.17) is 23.7 Å². The number of carbonyl (C=O) groups excluding carboxylic acids is 4. The average molecular weight is 527 g/mol. The van der Waals surface area contributed by atoms with Crippen molar-refractivity contribution in [3.63, 3.8) is 0 Å². The zero-order chi connectivity index (χ0) is 26.5. The lowest BCUT2D eigenvalue weighted by molar-refractivity contribution is -0.375. The van der Waals surface area contributed by atoms with E-state index in [0.717, 1.165) is 0 Å². The fourth-order valence-electron chi connectivity index (χ4n) is 10.9. The van der Waals surface area contributed by atoms with Crippen LogP contribution in [-0.4, -0.2) is 75.6 Å². The summed E-state index contributed by atoms with van der Waals surface area (Å²) < 4.78 is 31.5. The first-order valence-electron chi connectivity index (χ1n) is 13.8. The summed E-state index contributed by atoms with van der Waals surface area (Å²) >= 11 is 0. The highest BCUT2D eigenvalue weighted by Crippen LogP contribution is 2.77. The molecular formula is C28H30O10. The summed E-state index contributed by atoms with van der Waals surface area (Å²) in [6.07, 6.45) is 3.82. The van der Waals surface area contributed by atoms with Crippen LogP contribution in [-0.2, 0) is 42.9 Å². The number of ketones is 2. The van der Waals surface area contributed by atoms with Gasteiger partial charge in [-0.05, 0) is 63.4 Å². The molecule has 0 amide bonds. The van der Waals surface area contributed by atoms with Gasteiger partial charge in [0, 0.05) is 5.92 Å². The van der Waals surface area contributed by atoms with Crippen LogP contribution < -0.4 is 0 Å². The topological polar surface area (TPSA) is 138 Å². The molecule has 6 saturated heterocycles. The van der Waals surface area contributed by atoms with E-state index in [2.05, 4.69) is 0 Å². The van der Waals surface area contributed by atoms with E-state index in [9.17, 15) is 24.3 Å². The molecule has 2 unspecified atom stereocenters. The number of ether oxygens (including phenoxy) is 5. The van der Waals surface area contributed by atoms with Crippen LogP contribution in [0.1, 0.15) is 52.9 Å². The highest BCUT2D eigenvalue weighted by molar-refractivity contribution is 6.00. The van der Waals surface area contributed by atoms with Crippen LogP contribution in [0.2, 0.25) is 0 Å². The molecule has 0 aromatic heterocycles. The minimum Gasteiger partial charge on any atom is -0.458 e. The number of aliphatic hydroxyl groups is 1. The number of epoxide rings is 1. The van der Waals surface area contributed by atoms with Crippen LogP contribution in [0.25, 0.3) is 0 Å². The molecule has 6 aliphatic heterocycles. The van der Waals surface area contributed by atoms with Gasteiger partial charge in [0.05, 0.1) is 30.0 Å². The van der Waals surface area contributed by atoms with Gasteiger partial charge >= 0.3 is 11.9 Å². The molecular weight excluding hydrogens is 496 g/mol. The maximum absolute atomic E-state index is 14.9. The molecule has 202 valence electrons. The Hall–Kier alpha value is -2.14. The van der Waals surface area contributed by atoms with Crippen LogP contribution >= 0.6 is 0 Å². The number of Topliss-reactive ketones (excluding diaryl/α,β-unsaturated/α-hetero) is 1. The molecule has 10 nitrogen and oxygen atoms in total. The van der Waals surface area contributed by atoms with Gasteiger partial charge in [-0.1, -0.05) is 13.0 Å². The molecule has 2 saturated carbocycles. The predicted octanol–water partition coefficient (Wildman–Crippen LogP) is 0.768. The minimum atomic E-state index is -2.19. The second-order valence-electron chi connectivity index (χ2n) is 13.8. The maximum atomic E-state index is 14.9. The lowest BCUT2D eigenvalue weighted by atomic mass is 9.46. The van der Waals surface area contributed by atoms with Gasteiger partial charge in [-0.25, -0.2) is 4.79 Å². The van der Waals surface area contributed by atoms with Gasteiger partial charge in [0.2, 0.25) is 5.79 Å². The van der Waals surface area contributed by atoms with E-state index in [1.807, 2.05) is 19.9 Å². The molecule has 6 heterocycles. The molecule has 0 aromatic carbocycles. The molecule has 9 aliphatic rings. The third-order valence-corrected chi connectivity index (χ3v) is 12.9. The SMILES string of the molecule is C[C@]12C[C@H]3OC(=O)[C@@H]1COC14OC5([C@H]2C1=O)[C@@]3(C)OC(=O)[C@@]5(O)CC[C@H]1[C@H]4C[C@H]2O[C@]23CC=CC(=O)[C@]13C. The van der Waals surface area contributed by atoms with Crippen molar-refractivity contribution in [2.45, 2.75) is 93.3 Å². The summed E-state index contributed by atoms with van der Waals surface area (Å²) in [6.45, 7) is 5.27. The molecule has 38 heavy (non-hydrogen) atoms. The number of rotatable bonds is 0. The monoisotopic (exact) mass is 526 g/mol. The molecule has 3 aliphatic carbocycles. The van der Waals surface area contributed by atoms with Gasteiger partial charge in [0.1, 0.15) is 11.7 Å². The Morgan fingerprint density at radius 2 is 1.84 bits per heavy atom. The Balaban J connectivity index is 1.34. The zero-order valence-electron chi connectivity index (χ0n) is 21.5. The standard InChI is InChI=1S/C28H30O10/c1-22-10-17-24(3)28-18(22)19(30)27(38-28,34-11-14(22)20(31)35-17)13-9-16-26(36-16)7-4-5-15(29)23(26,2)12(13)6-8-25(28,33)21(32)37-24/h4-5,12-14,16-18,33H,6-11H2,1-3H3/t12-,13+,14-,16+,17+,18-,22-,23-,24-,25-,26+,27?,28?/m0/s1. The molecule has 1 N–H and O–H groups in total. The third-order valence-electron chi connectivity index (χ3n) is 12.9. The van der Waals surface area contributed by atoms with Crippen LogP contribution in [0.3, 0.4) is 0 Å². The lowest BCUT2D eigenvalue weighted by Gasteiger charge is -2.63. The number of carbonyl (C=O) groups is 4. The summed E-state index contributed by atoms with van der Waals surface area (Å²) in [7, 11) is 0. The second kappa shape index (κ2) is 5.82. The smallest absolute Gasteiger partial charge is 0.342 e. The highest BCUT2D eigenvalue weighted by atomic mass is 16.8. The van der Waals surface area contributed by atoms with Crippen molar-refractivity contribution in [3.05, 3.63) is 12.2 Å². The van der Waals surface area contributed by atoms with Gasteiger partial charge in [0.25, 0.3) is 0 Å². The van der Waals surface area contributed by atoms with Gasteiger partial charge in [-0.15, -0.1) is 0 Å². The van der Waals surface area contributed by atoms with Crippen LogP contribution in [0, 0.1) is 34.5 Å². The quantitative estimate of drug-likeness (QED) is 0.356. The third kappa shape index (κ3) is 1.79. The Kier molecular flexibility index (Phi) is 3.47. The Morgan fingerprint density at radius 3 is 2.63 bits per heavy atom. The van der Waals surface area contributed by atoms with Crippen molar-refractivity contribution in [1.29, 1.82) is 0 Å². The van der Waals surface area contributed by atoms with E-state index in [1.54, 1.807) is 13.0 Å². The number of fused-ring (bicyclic) bond motifs is 4. The highest BCUT2D eigenvalue weighted by Gasteiger charge is 2.94. The van der Waals surface area contributed by atoms with Crippen molar-refractivity contribution >= 4 is 23.5 Å². The molecule has 0 aromatic rings. The van der Waals surface area contributed by atoms with Gasteiger partial charge < -0.3 is 28.8 Å². The first-order valence-corrected chi connectivity index (χ1v) is 13.8. The largest absolute Gasteiger partial charge is 0.458 e. The summed E-state index contributed by atoms with van der Waals surface area (Å²) in [6, 6.07) is 0. The van der Waals surface area contributed by atoms with E-state index >= 15 is 0 Å². The first-order chi connectivity index (χ1) is 17.9. The molecule has 3 spiro atoms. The molecule has 0 radical (unpaired) electrons. The normalized spacial score (nSPS) is 64.1. The first kappa shape index (κ1) is 22.7. The molecule has 8 fully saturated rings. The Bertz CT molecular complexity index is 1340. The van der Waals surface area contributed by atoms with E-state index in [-0.39, 0.29) is 43.5 Å². The van der Waals surface area contributed by atoms with E-state index < -0.39 is 80.7 Å². The maximum Gasteiger partial charge on any atom is 0.342 e. The fraction of sp³-hybridized carbons (Fsp3) is 0.786. The number of hydrogen-bond acceptors (Lipinski definition) is 10. The minimum absolute atomic E-state index is 0.0583. The average Bonchev–Trinajstić information content (AvgIpc) is 3.45. The van der Waals surface area contributed by atoms with Gasteiger partial charge in [0.15, 0.2) is 28.4 Å². The zero-order valence-corrected chi connectivity index (χ0v) is 21.5. The van der Waals surface area contributed by atoms with Gasteiger partial charge in [-0.3, -0.25) is 14.4 Å². The number of hydrogen-bond donors (Lipinski definition) is 1. The van der Waals surface area contributed by atoms with E-state index in [1.165, 1.54) is 0 Å². The van der Waals surface area contributed by atoms with Crippen LogP contribution in [0.15, 0.2) is 12.2 Å².